The van der Waals surface area contributed by atoms with Crippen molar-refractivity contribution in [3.05, 3.63) is 81.4 Å². The third-order valence-corrected chi connectivity index (χ3v) is 7.19. The lowest BCUT2D eigenvalue weighted by Gasteiger charge is -2.28. The van der Waals surface area contributed by atoms with E-state index in [9.17, 15) is 14.9 Å². The predicted octanol–water partition coefficient (Wildman–Crippen LogP) is 6.77. The fourth-order valence-electron chi connectivity index (χ4n) is 4.20. The van der Waals surface area contributed by atoms with E-state index in [-0.39, 0.29) is 11.3 Å². The average molecular weight is 493 g/mol. The van der Waals surface area contributed by atoms with Gasteiger partial charge in [-0.05, 0) is 61.7 Å². The molecule has 0 saturated carbocycles. The Hall–Kier alpha value is -3.49. The number of para-hydroxylation sites is 1. The van der Waals surface area contributed by atoms with Gasteiger partial charge in [0, 0.05) is 35.3 Å². The number of nitrogens with one attached hydrogen (secondary N) is 1. The van der Waals surface area contributed by atoms with Gasteiger partial charge in [-0.3, -0.25) is 14.9 Å². The van der Waals surface area contributed by atoms with Crippen LogP contribution in [0.15, 0.2) is 60.7 Å². The van der Waals surface area contributed by atoms with Gasteiger partial charge in [0.25, 0.3) is 11.6 Å². The van der Waals surface area contributed by atoms with Gasteiger partial charge < -0.3 is 10.2 Å². The molecule has 1 aliphatic rings. The van der Waals surface area contributed by atoms with Gasteiger partial charge in [-0.25, -0.2) is 4.98 Å². The zero-order chi connectivity index (χ0) is 23.7. The van der Waals surface area contributed by atoms with Gasteiger partial charge in [-0.15, -0.1) is 11.3 Å². The highest BCUT2D eigenvalue weighted by atomic mass is 35.5. The van der Waals surface area contributed by atoms with Crippen molar-refractivity contribution in [3.8, 4) is 10.6 Å². The molecule has 0 bridgehead atoms. The number of carbonyl (C=O) groups excluding carboxylic acids is 1. The number of carbonyl (C=O) groups is 1. The first kappa shape index (κ1) is 22.3. The minimum atomic E-state index is -0.432. The molecule has 1 N–H and O–H groups in total. The lowest BCUT2D eigenvalue weighted by atomic mass is 10.1. The quantitative estimate of drug-likeness (QED) is 0.245. The number of hydrogen-bond acceptors (Lipinski definition) is 6. The zero-order valence-electron chi connectivity index (χ0n) is 18.2. The first-order valence-electron chi connectivity index (χ1n) is 11.0. The van der Waals surface area contributed by atoms with E-state index in [0.717, 1.165) is 47.6 Å². The Labute approximate surface area is 205 Å². The van der Waals surface area contributed by atoms with E-state index in [1.807, 2.05) is 29.2 Å². The predicted molar refractivity (Wildman–Crippen MR) is 137 cm³/mol. The number of nitro benzene ring substituents is 1. The van der Waals surface area contributed by atoms with E-state index in [0.29, 0.717) is 22.0 Å². The Morgan fingerprint density at radius 3 is 2.62 bits per heavy atom. The molecule has 1 aromatic heterocycles. The first-order valence-corrected chi connectivity index (χ1v) is 12.2. The second-order valence-electron chi connectivity index (χ2n) is 8.14. The molecule has 1 saturated heterocycles. The van der Waals surface area contributed by atoms with Crippen LogP contribution >= 0.6 is 22.9 Å². The number of halogens is 1. The van der Waals surface area contributed by atoms with Crippen molar-refractivity contribution in [2.45, 2.75) is 19.3 Å². The summed E-state index contributed by atoms with van der Waals surface area (Å²) in [7, 11) is 0. The zero-order valence-corrected chi connectivity index (χ0v) is 19.7. The molecule has 34 heavy (non-hydrogen) atoms. The molecule has 0 spiro atoms. The molecule has 172 valence electrons. The molecule has 9 heteroatoms. The Kier molecular flexibility index (Phi) is 6.17. The smallest absolute Gasteiger partial charge is 0.293 e. The molecular formula is C25H21ClN4O3S. The van der Waals surface area contributed by atoms with E-state index in [4.69, 9.17) is 11.6 Å². The van der Waals surface area contributed by atoms with Crippen molar-refractivity contribution in [3.63, 3.8) is 0 Å². The number of thiazole rings is 1. The van der Waals surface area contributed by atoms with Crippen molar-refractivity contribution in [1.82, 2.24) is 4.98 Å². The topological polar surface area (TPSA) is 88.4 Å². The summed E-state index contributed by atoms with van der Waals surface area (Å²) >= 11 is 7.75. The van der Waals surface area contributed by atoms with Gasteiger partial charge in [0.1, 0.15) is 10.7 Å². The van der Waals surface area contributed by atoms with Gasteiger partial charge >= 0.3 is 0 Å². The average Bonchev–Trinajstić information content (AvgIpc) is 3.29. The number of anilines is 2. The molecule has 0 aliphatic carbocycles. The van der Waals surface area contributed by atoms with E-state index in [1.54, 1.807) is 30.3 Å². The minimum Gasteiger partial charge on any atom is -0.366 e. The molecule has 0 unspecified atom stereocenters. The maximum absolute atomic E-state index is 13.1. The van der Waals surface area contributed by atoms with Crippen molar-refractivity contribution in [2.75, 3.05) is 23.3 Å². The molecule has 2 heterocycles. The highest BCUT2D eigenvalue weighted by molar-refractivity contribution is 7.21. The minimum absolute atomic E-state index is 0.0583. The molecule has 0 atom stereocenters. The summed E-state index contributed by atoms with van der Waals surface area (Å²) in [5.74, 6) is -0.432. The van der Waals surface area contributed by atoms with Crippen molar-refractivity contribution in [2.24, 2.45) is 0 Å². The third-order valence-electron chi connectivity index (χ3n) is 5.89. The van der Waals surface area contributed by atoms with Crippen molar-refractivity contribution < 1.29 is 9.72 Å². The normalized spacial score (nSPS) is 13.7. The Balaban J connectivity index is 1.46. The van der Waals surface area contributed by atoms with Crippen LogP contribution in [0.2, 0.25) is 5.02 Å². The fraction of sp³-hybridized carbons (Fsp3) is 0.200. The second kappa shape index (κ2) is 9.40. The van der Waals surface area contributed by atoms with Crippen LogP contribution in [-0.4, -0.2) is 28.9 Å². The first-order chi connectivity index (χ1) is 16.5. The van der Waals surface area contributed by atoms with E-state index in [1.165, 1.54) is 17.4 Å². The lowest BCUT2D eigenvalue weighted by molar-refractivity contribution is -0.384. The molecule has 1 aliphatic heterocycles. The molecular weight excluding hydrogens is 472 g/mol. The Morgan fingerprint density at radius 1 is 1.06 bits per heavy atom. The van der Waals surface area contributed by atoms with Crippen molar-refractivity contribution >= 4 is 56.1 Å². The summed E-state index contributed by atoms with van der Waals surface area (Å²) < 4.78 is 1.03. The van der Waals surface area contributed by atoms with Crippen LogP contribution in [-0.2, 0) is 0 Å². The number of benzene rings is 3. The standard InChI is InChI=1S/C25H21ClN4O3S/c26-17-9-10-19(18(15-17)25-28-20-6-2-3-7-23(20)34-25)27-24(31)16-8-11-21(22(14-16)30(32)33)29-12-4-1-5-13-29/h2-3,6-11,14-15H,1,4-5,12-13H2,(H,27,31). The molecule has 5 rings (SSSR count). The maximum Gasteiger partial charge on any atom is 0.293 e. The second-order valence-corrected chi connectivity index (χ2v) is 9.61. The lowest BCUT2D eigenvalue weighted by Crippen LogP contribution is -2.30. The summed E-state index contributed by atoms with van der Waals surface area (Å²) in [6.45, 7) is 1.56. The van der Waals surface area contributed by atoms with Crippen LogP contribution in [0.3, 0.4) is 0 Å². The van der Waals surface area contributed by atoms with Gasteiger partial charge in [0.15, 0.2) is 0 Å². The van der Waals surface area contributed by atoms with E-state index >= 15 is 0 Å². The fourth-order valence-corrected chi connectivity index (χ4v) is 5.37. The SMILES string of the molecule is O=C(Nc1ccc(Cl)cc1-c1nc2ccccc2s1)c1ccc(N2CCCCC2)c([N+](=O)[O-])c1. The summed E-state index contributed by atoms with van der Waals surface area (Å²) in [5.41, 5.74) is 2.82. The molecule has 3 aromatic carbocycles. The number of piperidine rings is 1. The van der Waals surface area contributed by atoms with Gasteiger partial charge in [-0.2, -0.15) is 0 Å². The van der Waals surface area contributed by atoms with Crippen LogP contribution in [0.25, 0.3) is 20.8 Å². The highest BCUT2D eigenvalue weighted by Gasteiger charge is 2.23. The van der Waals surface area contributed by atoms with E-state index < -0.39 is 10.8 Å². The molecule has 1 fully saturated rings. The monoisotopic (exact) mass is 492 g/mol. The number of rotatable bonds is 5. The molecule has 1 amide bonds. The van der Waals surface area contributed by atoms with Gasteiger partial charge in [-0.1, -0.05) is 23.7 Å². The summed E-state index contributed by atoms with van der Waals surface area (Å²) in [5, 5.41) is 15.9. The van der Waals surface area contributed by atoms with Crippen LogP contribution in [0, 0.1) is 10.1 Å². The number of fused-ring (bicyclic) bond motifs is 1. The Morgan fingerprint density at radius 2 is 1.85 bits per heavy atom. The van der Waals surface area contributed by atoms with Crippen LogP contribution < -0.4 is 10.2 Å². The summed E-state index contributed by atoms with van der Waals surface area (Å²) in [4.78, 5) is 31.2. The van der Waals surface area contributed by atoms with Crippen LogP contribution in [0.1, 0.15) is 29.6 Å². The molecule has 4 aromatic rings. The molecule has 0 radical (unpaired) electrons. The van der Waals surface area contributed by atoms with Gasteiger partial charge in [0.05, 0.1) is 20.8 Å². The summed E-state index contributed by atoms with van der Waals surface area (Å²) in [6, 6.07) is 17.6. The van der Waals surface area contributed by atoms with Crippen LogP contribution in [0.4, 0.5) is 17.1 Å². The maximum atomic E-state index is 13.1. The van der Waals surface area contributed by atoms with E-state index in [2.05, 4.69) is 10.3 Å². The van der Waals surface area contributed by atoms with Crippen molar-refractivity contribution in [1.29, 1.82) is 0 Å². The van der Waals surface area contributed by atoms with Gasteiger partial charge in [0.2, 0.25) is 0 Å². The number of amides is 1. The number of nitro groups is 1. The van der Waals surface area contributed by atoms with Crippen LogP contribution in [0.5, 0.6) is 0 Å². The largest absolute Gasteiger partial charge is 0.366 e. The number of aromatic nitrogens is 1. The number of hydrogen-bond donors (Lipinski definition) is 1. The number of nitrogens with zero attached hydrogens (tertiary/aromatic N) is 3. The molecule has 7 nitrogen and oxygen atoms in total. The third kappa shape index (κ3) is 4.47. The summed E-state index contributed by atoms with van der Waals surface area (Å²) in [6.07, 6.45) is 3.14. The Bertz CT molecular complexity index is 1370. The highest BCUT2D eigenvalue weighted by Crippen LogP contribution is 2.37.